The van der Waals surface area contributed by atoms with Crippen molar-refractivity contribution in [2.24, 2.45) is 0 Å². The van der Waals surface area contributed by atoms with Crippen LogP contribution in [0.25, 0.3) is 16.9 Å². The molecule has 1 N–H and O–H groups in total. The first-order valence-corrected chi connectivity index (χ1v) is 10.5. The van der Waals surface area contributed by atoms with Crippen molar-refractivity contribution in [3.05, 3.63) is 88.9 Å². The molecule has 0 bridgehead atoms. The smallest absolute Gasteiger partial charge is 0.420 e. The summed E-state index contributed by atoms with van der Waals surface area (Å²) in [5.41, 5.74) is 3.41. The molecule has 0 spiro atoms. The van der Waals surface area contributed by atoms with Gasteiger partial charge in [0.1, 0.15) is 18.6 Å². The van der Waals surface area contributed by atoms with Crippen molar-refractivity contribution in [1.29, 1.82) is 0 Å². The summed E-state index contributed by atoms with van der Waals surface area (Å²) in [6.07, 6.45) is 1.41. The molecule has 2 aromatic carbocycles. The second kappa shape index (κ2) is 8.66. The molecule has 10 nitrogen and oxygen atoms in total. The van der Waals surface area contributed by atoms with E-state index in [1.165, 1.54) is 10.9 Å². The van der Waals surface area contributed by atoms with Gasteiger partial charge in [-0.05, 0) is 56.3 Å². The number of aromatic nitrogens is 5. The summed E-state index contributed by atoms with van der Waals surface area (Å²) in [6, 6.07) is 17.4. The predicted octanol–water partition coefficient (Wildman–Crippen LogP) is 3.62. The van der Waals surface area contributed by atoms with Crippen LogP contribution in [0, 0.1) is 13.8 Å². The average Bonchev–Trinajstić information content (AvgIpc) is 3.33. The Bertz CT molecular complexity index is 1550. The van der Waals surface area contributed by atoms with Crippen LogP contribution in [-0.2, 0) is 11.3 Å². The molecule has 3 aromatic heterocycles. The molecule has 0 atom stereocenters. The summed E-state index contributed by atoms with van der Waals surface area (Å²) >= 11 is 0. The van der Waals surface area contributed by atoms with Gasteiger partial charge in [0, 0.05) is 17.4 Å². The van der Waals surface area contributed by atoms with Gasteiger partial charge in [-0.25, -0.2) is 19.4 Å². The average molecular weight is 456 g/mol. The Morgan fingerprint density at radius 2 is 1.85 bits per heavy atom. The number of ether oxygens (including phenoxy) is 1. The van der Waals surface area contributed by atoms with E-state index in [0.717, 1.165) is 11.4 Å². The van der Waals surface area contributed by atoms with Crippen molar-refractivity contribution in [3.63, 3.8) is 0 Å². The Labute approximate surface area is 193 Å². The maximum Gasteiger partial charge on any atom is 0.420 e. The zero-order valence-electron chi connectivity index (χ0n) is 18.4. The Morgan fingerprint density at radius 3 is 2.62 bits per heavy atom. The normalized spacial score (nSPS) is 11.0. The van der Waals surface area contributed by atoms with Gasteiger partial charge >= 0.3 is 5.76 Å². The lowest BCUT2D eigenvalue weighted by atomic mass is 10.3. The van der Waals surface area contributed by atoms with Crippen LogP contribution < -0.4 is 15.8 Å². The number of rotatable bonds is 6. The predicted molar refractivity (Wildman–Crippen MR) is 124 cm³/mol. The van der Waals surface area contributed by atoms with Gasteiger partial charge in [-0.1, -0.05) is 12.1 Å². The van der Waals surface area contributed by atoms with Crippen molar-refractivity contribution in [3.8, 4) is 17.4 Å². The molecule has 0 fully saturated rings. The minimum atomic E-state index is -0.579. The first kappa shape index (κ1) is 21.1. The number of para-hydroxylation sites is 2. The first-order valence-electron chi connectivity index (χ1n) is 10.5. The van der Waals surface area contributed by atoms with Gasteiger partial charge < -0.3 is 14.5 Å². The monoisotopic (exact) mass is 456 g/mol. The van der Waals surface area contributed by atoms with Crippen molar-refractivity contribution in [1.82, 2.24) is 24.3 Å². The van der Waals surface area contributed by atoms with Crippen LogP contribution in [0.3, 0.4) is 0 Å². The number of aryl methyl sites for hydroxylation is 2. The number of carbonyl (C=O) groups excluding carboxylic acids is 1. The molecule has 5 rings (SSSR count). The fraction of sp³-hybridized carbons (Fsp3) is 0.125. The van der Waals surface area contributed by atoms with E-state index in [9.17, 15) is 9.59 Å². The van der Waals surface area contributed by atoms with Crippen LogP contribution >= 0.6 is 0 Å². The molecule has 3 heterocycles. The van der Waals surface area contributed by atoms with E-state index in [2.05, 4.69) is 20.4 Å². The summed E-state index contributed by atoms with van der Waals surface area (Å²) in [5, 5.41) is 7.19. The Morgan fingerprint density at radius 1 is 1.06 bits per heavy atom. The van der Waals surface area contributed by atoms with E-state index in [0.29, 0.717) is 34.2 Å². The van der Waals surface area contributed by atoms with Gasteiger partial charge in [0.15, 0.2) is 11.4 Å². The molecule has 5 aromatic rings. The number of oxazole rings is 1. The number of hydrogen-bond donors (Lipinski definition) is 1. The van der Waals surface area contributed by atoms with Gasteiger partial charge in [-0.15, -0.1) is 0 Å². The molecule has 0 aliphatic carbocycles. The Balaban J connectivity index is 1.26. The lowest BCUT2D eigenvalue weighted by Gasteiger charge is -2.09. The summed E-state index contributed by atoms with van der Waals surface area (Å²) in [4.78, 5) is 33.0. The molecule has 0 aliphatic rings. The van der Waals surface area contributed by atoms with Gasteiger partial charge in [0.05, 0.1) is 11.2 Å². The summed E-state index contributed by atoms with van der Waals surface area (Å²) in [5.74, 6) is 0.563. The molecular formula is C24H20N6O4. The summed E-state index contributed by atoms with van der Waals surface area (Å²) in [7, 11) is 0. The van der Waals surface area contributed by atoms with Crippen molar-refractivity contribution >= 4 is 22.7 Å². The maximum atomic E-state index is 12.5. The SMILES string of the molecule is Cc1cc(C)n(-c2cc(Oc3ccc(NC(=O)Cn4c(=O)oc5ccccc54)cc3)ncn2)n1. The molecule has 0 radical (unpaired) electrons. The standard InChI is InChI=1S/C24H20N6O4/c1-15-11-16(2)30(28-15)21-12-23(26-14-25-21)33-18-9-7-17(8-10-18)27-22(31)13-29-19-5-3-4-6-20(19)34-24(29)32/h3-12,14H,13H2,1-2H3,(H,27,31). The second-order valence-corrected chi connectivity index (χ2v) is 7.65. The summed E-state index contributed by atoms with van der Waals surface area (Å²) < 4.78 is 14.0. The van der Waals surface area contributed by atoms with E-state index < -0.39 is 5.76 Å². The van der Waals surface area contributed by atoms with Crippen LogP contribution in [-0.4, -0.2) is 30.2 Å². The van der Waals surface area contributed by atoms with Gasteiger partial charge in [-0.2, -0.15) is 5.10 Å². The highest BCUT2D eigenvalue weighted by molar-refractivity contribution is 5.91. The number of amides is 1. The van der Waals surface area contributed by atoms with Crippen molar-refractivity contribution in [2.75, 3.05) is 5.32 Å². The molecular weight excluding hydrogens is 436 g/mol. The zero-order chi connectivity index (χ0) is 23.7. The molecule has 1 amide bonds. The topological polar surface area (TPSA) is 117 Å². The van der Waals surface area contributed by atoms with E-state index in [1.54, 1.807) is 59.3 Å². The number of fused-ring (bicyclic) bond motifs is 1. The number of hydrogen-bond acceptors (Lipinski definition) is 7. The van der Waals surface area contributed by atoms with Crippen molar-refractivity contribution in [2.45, 2.75) is 20.4 Å². The lowest BCUT2D eigenvalue weighted by Crippen LogP contribution is -2.24. The van der Waals surface area contributed by atoms with Gasteiger partial charge in [-0.3, -0.25) is 9.36 Å². The van der Waals surface area contributed by atoms with Crippen LogP contribution in [0.5, 0.6) is 11.6 Å². The number of nitrogens with zero attached hydrogens (tertiary/aromatic N) is 5. The Hall–Kier alpha value is -4.73. The molecule has 0 saturated carbocycles. The number of benzene rings is 2. The molecule has 0 unspecified atom stereocenters. The third-order valence-electron chi connectivity index (χ3n) is 5.09. The quantitative estimate of drug-likeness (QED) is 0.415. The highest BCUT2D eigenvalue weighted by Gasteiger charge is 2.13. The van der Waals surface area contributed by atoms with Gasteiger partial charge in [0.2, 0.25) is 11.8 Å². The molecule has 10 heteroatoms. The molecule has 0 saturated heterocycles. The van der Waals surface area contributed by atoms with Crippen LogP contribution in [0.2, 0.25) is 0 Å². The van der Waals surface area contributed by atoms with Crippen molar-refractivity contribution < 1.29 is 13.9 Å². The third-order valence-corrected chi connectivity index (χ3v) is 5.09. The third kappa shape index (κ3) is 4.29. The highest BCUT2D eigenvalue weighted by Crippen LogP contribution is 2.23. The zero-order valence-corrected chi connectivity index (χ0v) is 18.4. The largest absolute Gasteiger partial charge is 0.439 e. The fourth-order valence-electron chi connectivity index (χ4n) is 3.60. The van der Waals surface area contributed by atoms with Crippen LogP contribution in [0.15, 0.2) is 76.2 Å². The number of anilines is 1. The minimum absolute atomic E-state index is 0.163. The maximum absolute atomic E-state index is 12.5. The van der Waals surface area contributed by atoms with Crippen LogP contribution in [0.4, 0.5) is 5.69 Å². The minimum Gasteiger partial charge on any atom is -0.439 e. The molecule has 34 heavy (non-hydrogen) atoms. The van der Waals surface area contributed by atoms with E-state index in [4.69, 9.17) is 9.15 Å². The van der Waals surface area contributed by atoms with Gasteiger partial charge in [0.25, 0.3) is 0 Å². The molecule has 170 valence electrons. The molecule has 0 aliphatic heterocycles. The van der Waals surface area contributed by atoms with E-state index in [-0.39, 0.29) is 12.5 Å². The highest BCUT2D eigenvalue weighted by atomic mass is 16.5. The van der Waals surface area contributed by atoms with E-state index in [1.807, 2.05) is 19.9 Å². The Kier molecular flexibility index (Phi) is 5.38. The summed E-state index contributed by atoms with van der Waals surface area (Å²) in [6.45, 7) is 3.70. The van der Waals surface area contributed by atoms with Crippen LogP contribution in [0.1, 0.15) is 11.4 Å². The number of nitrogens with one attached hydrogen (secondary N) is 1. The fourth-order valence-corrected chi connectivity index (χ4v) is 3.60. The number of carbonyl (C=O) groups is 1. The lowest BCUT2D eigenvalue weighted by molar-refractivity contribution is -0.116. The van der Waals surface area contributed by atoms with E-state index >= 15 is 0 Å². The second-order valence-electron chi connectivity index (χ2n) is 7.65. The first-order chi connectivity index (χ1) is 16.5.